The van der Waals surface area contributed by atoms with Gasteiger partial charge in [-0.2, -0.15) is 5.10 Å². The number of alkyl halides is 3. The number of carboxylic acids is 1. The van der Waals surface area contributed by atoms with Gasteiger partial charge in [-0.15, -0.1) is 13.2 Å². The number of carbonyl (C=O) groups is 1. The molecule has 0 spiro atoms. The molecule has 2 aromatic carbocycles. The van der Waals surface area contributed by atoms with Crippen molar-refractivity contribution in [2.24, 2.45) is 0 Å². The summed E-state index contributed by atoms with van der Waals surface area (Å²) in [6, 6.07) is 7.29. The maximum absolute atomic E-state index is 13.2. The number of ether oxygens (including phenoxy) is 1. The Morgan fingerprint density at radius 1 is 1.25 bits per heavy atom. The van der Waals surface area contributed by atoms with Crippen LogP contribution < -0.4 is 4.74 Å². The van der Waals surface area contributed by atoms with Crippen LogP contribution in [0, 0.1) is 5.82 Å². The molecule has 0 saturated carbocycles. The van der Waals surface area contributed by atoms with Gasteiger partial charge in [-0.25, -0.2) is 9.18 Å². The molecule has 0 fully saturated rings. The molecule has 0 aliphatic heterocycles. The standard InChI is InChI=1S/C18H11ClF4N2O3/c19-14-7-11(20)2-1-10(14)9-25-16-8-12(28-18(21,22)23)3-4-13(16)15(24-25)5-6-17(26)27/h1-8H,9H2,(H,26,27). The number of rotatable bonds is 5. The molecule has 1 heterocycles. The summed E-state index contributed by atoms with van der Waals surface area (Å²) in [6.45, 7) is 0.0198. The minimum Gasteiger partial charge on any atom is -0.478 e. The number of halogens is 5. The lowest BCUT2D eigenvalue weighted by Gasteiger charge is -2.10. The number of aromatic nitrogens is 2. The van der Waals surface area contributed by atoms with Crippen LogP contribution in [0.15, 0.2) is 42.5 Å². The largest absolute Gasteiger partial charge is 0.573 e. The lowest BCUT2D eigenvalue weighted by atomic mass is 10.2. The first-order valence-electron chi connectivity index (χ1n) is 7.73. The summed E-state index contributed by atoms with van der Waals surface area (Å²) in [4.78, 5) is 10.8. The van der Waals surface area contributed by atoms with Crippen molar-refractivity contribution in [3.63, 3.8) is 0 Å². The van der Waals surface area contributed by atoms with E-state index >= 15 is 0 Å². The quantitative estimate of drug-likeness (QED) is 0.477. The molecule has 0 atom stereocenters. The molecule has 0 unspecified atom stereocenters. The average molecular weight is 415 g/mol. The monoisotopic (exact) mass is 414 g/mol. The van der Waals surface area contributed by atoms with E-state index in [1.165, 1.54) is 29.0 Å². The third kappa shape index (κ3) is 4.61. The van der Waals surface area contributed by atoms with E-state index in [0.29, 0.717) is 10.9 Å². The van der Waals surface area contributed by atoms with E-state index in [0.717, 1.165) is 24.3 Å². The SMILES string of the molecule is O=C(O)C=Cc1nn(Cc2ccc(F)cc2Cl)c2cc(OC(F)(F)F)ccc12. The first-order chi connectivity index (χ1) is 13.1. The van der Waals surface area contributed by atoms with Gasteiger partial charge in [-0.05, 0) is 35.9 Å². The molecule has 0 saturated heterocycles. The number of benzene rings is 2. The average Bonchev–Trinajstić information content (AvgIpc) is 2.91. The minimum atomic E-state index is -4.87. The summed E-state index contributed by atoms with van der Waals surface area (Å²) in [5, 5.41) is 13.6. The summed E-state index contributed by atoms with van der Waals surface area (Å²) < 4.78 is 56.1. The van der Waals surface area contributed by atoms with E-state index in [4.69, 9.17) is 16.7 Å². The van der Waals surface area contributed by atoms with Crippen molar-refractivity contribution < 1.29 is 32.2 Å². The number of carboxylic acid groups (broad SMARTS) is 1. The van der Waals surface area contributed by atoms with Crippen LogP contribution in [0.1, 0.15) is 11.3 Å². The summed E-state index contributed by atoms with van der Waals surface area (Å²) in [7, 11) is 0. The van der Waals surface area contributed by atoms with Crippen LogP contribution in [0.5, 0.6) is 5.75 Å². The molecule has 10 heteroatoms. The molecule has 5 nitrogen and oxygen atoms in total. The number of nitrogens with zero attached hydrogens (tertiary/aromatic N) is 2. The van der Waals surface area contributed by atoms with E-state index in [1.54, 1.807) is 0 Å². The smallest absolute Gasteiger partial charge is 0.478 e. The van der Waals surface area contributed by atoms with Crippen LogP contribution in [-0.4, -0.2) is 27.2 Å². The third-order valence-electron chi connectivity index (χ3n) is 3.70. The molecule has 3 aromatic rings. The fourth-order valence-electron chi connectivity index (χ4n) is 2.58. The van der Waals surface area contributed by atoms with E-state index in [1.807, 2.05) is 0 Å². The maximum atomic E-state index is 13.2. The van der Waals surface area contributed by atoms with Gasteiger partial charge in [0.1, 0.15) is 11.6 Å². The second kappa shape index (κ2) is 7.51. The Balaban J connectivity index is 2.10. The zero-order valence-corrected chi connectivity index (χ0v) is 14.6. The molecule has 0 aliphatic carbocycles. The molecule has 0 aliphatic rings. The topological polar surface area (TPSA) is 64.3 Å². The summed E-state index contributed by atoms with van der Waals surface area (Å²) in [5.74, 6) is -2.20. The van der Waals surface area contributed by atoms with Gasteiger partial charge in [0.2, 0.25) is 0 Å². The highest BCUT2D eigenvalue weighted by atomic mass is 35.5. The highest BCUT2D eigenvalue weighted by Gasteiger charge is 2.31. The van der Waals surface area contributed by atoms with Gasteiger partial charge < -0.3 is 9.84 Å². The maximum Gasteiger partial charge on any atom is 0.573 e. The first kappa shape index (κ1) is 19.7. The van der Waals surface area contributed by atoms with Gasteiger partial charge in [-0.1, -0.05) is 17.7 Å². The fourth-order valence-corrected chi connectivity index (χ4v) is 2.81. The van der Waals surface area contributed by atoms with Crippen molar-refractivity contribution in [2.45, 2.75) is 12.9 Å². The second-order valence-corrected chi connectivity index (χ2v) is 6.08. The van der Waals surface area contributed by atoms with Crippen molar-refractivity contribution in [1.82, 2.24) is 9.78 Å². The minimum absolute atomic E-state index is 0.0198. The molecule has 3 rings (SSSR count). The predicted octanol–water partition coefficient (Wildman–Crippen LogP) is 4.87. The van der Waals surface area contributed by atoms with Crippen LogP contribution in [0.3, 0.4) is 0 Å². The van der Waals surface area contributed by atoms with Gasteiger partial charge in [0.15, 0.2) is 0 Å². The molecular formula is C18H11ClF4N2O3. The van der Waals surface area contributed by atoms with Crippen molar-refractivity contribution in [2.75, 3.05) is 0 Å². The van der Waals surface area contributed by atoms with E-state index < -0.39 is 23.9 Å². The Bertz CT molecular complexity index is 1080. The van der Waals surface area contributed by atoms with Crippen LogP contribution in [0.25, 0.3) is 17.0 Å². The van der Waals surface area contributed by atoms with Gasteiger partial charge in [0, 0.05) is 22.6 Å². The molecule has 0 amide bonds. The predicted molar refractivity (Wildman–Crippen MR) is 93.6 cm³/mol. The van der Waals surface area contributed by atoms with Gasteiger partial charge >= 0.3 is 12.3 Å². The molecule has 28 heavy (non-hydrogen) atoms. The number of fused-ring (bicyclic) bond motifs is 1. The highest BCUT2D eigenvalue weighted by Crippen LogP contribution is 2.29. The Kier molecular flexibility index (Phi) is 5.28. The molecule has 146 valence electrons. The first-order valence-corrected chi connectivity index (χ1v) is 8.11. The normalized spacial score (nSPS) is 12.0. The number of aliphatic carboxylic acids is 1. The molecule has 1 aromatic heterocycles. The summed E-state index contributed by atoms with van der Waals surface area (Å²) in [5.41, 5.74) is 0.963. The molecular weight excluding hydrogens is 404 g/mol. The Hall–Kier alpha value is -3.07. The van der Waals surface area contributed by atoms with E-state index in [9.17, 15) is 22.4 Å². The zero-order valence-electron chi connectivity index (χ0n) is 13.9. The summed E-state index contributed by atoms with van der Waals surface area (Å²) in [6.07, 6.45) is -2.79. The summed E-state index contributed by atoms with van der Waals surface area (Å²) >= 11 is 6.01. The third-order valence-corrected chi connectivity index (χ3v) is 4.06. The van der Waals surface area contributed by atoms with Crippen molar-refractivity contribution in [3.8, 4) is 5.75 Å². The van der Waals surface area contributed by atoms with Crippen LogP contribution in [0.4, 0.5) is 17.6 Å². The number of hydrogen-bond acceptors (Lipinski definition) is 3. The van der Waals surface area contributed by atoms with Crippen molar-refractivity contribution >= 4 is 34.5 Å². The highest BCUT2D eigenvalue weighted by molar-refractivity contribution is 6.31. The molecule has 0 bridgehead atoms. The van der Waals surface area contributed by atoms with Crippen molar-refractivity contribution in [1.29, 1.82) is 0 Å². The van der Waals surface area contributed by atoms with Gasteiger partial charge in [0.25, 0.3) is 0 Å². The van der Waals surface area contributed by atoms with Crippen LogP contribution >= 0.6 is 11.6 Å². The lowest BCUT2D eigenvalue weighted by Crippen LogP contribution is -2.17. The van der Waals surface area contributed by atoms with E-state index in [2.05, 4.69) is 9.84 Å². The second-order valence-electron chi connectivity index (χ2n) is 5.68. The number of hydrogen-bond donors (Lipinski definition) is 1. The van der Waals surface area contributed by atoms with Crippen LogP contribution in [-0.2, 0) is 11.3 Å². The van der Waals surface area contributed by atoms with E-state index in [-0.39, 0.29) is 22.8 Å². The van der Waals surface area contributed by atoms with Crippen molar-refractivity contribution in [3.05, 3.63) is 64.6 Å². The van der Waals surface area contributed by atoms with Crippen LogP contribution in [0.2, 0.25) is 5.02 Å². The Morgan fingerprint density at radius 2 is 2.00 bits per heavy atom. The Morgan fingerprint density at radius 3 is 2.64 bits per heavy atom. The van der Waals surface area contributed by atoms with Gasteiger partial charge in [0.05, 0.1) is 17.8 Å². The van der Waals surface area contributed by atoms with Gasteiger partial charge in [-0.3, -0.25) is 4.68 Å². The zero-order chi connectivity index (χ0) is 20.5. The lowest BCUT2D eigenvalue weighted by molar-refractivity contribution is -0.274. The molecule has 0 radical (unpaired) electrons. The fraction of sp³-hybridized carbons (Fsp3) is 0.111. The Labute approximate surface area is 160 Å². The molecule has 1 N–H and O–H groups in total.